The molecule has 0 amide bonds. The molecule has 110 valence electrons. The lowest BCUT2D eigenvalue weighted by Crippen LogP contribution is -2.00. The lowest BCUT2D eigenvalue weighted by Gasteiger charge is -2.00. The Labute approximate surface area is 140 Å². The van der Waals surface area contributed by atoms with Crippen LogP contribution in [-0.4, -0.2) is 11.0 Å². The predicted octanol–water partition coefficient (Wildman–Crippen LogP) is 5.16. The molecule has 22 heavy (non-hydrogen) atoms. The molecule has 5 heteroatoms. The Kier molecular flexibility index (Phi) is 4.36. The Balaban J connectivity index is 2.10. The minimum absolute atomic E-state index is 0.346. The van der Waals surface area contributed by atoms with Gasteiger partial charge in [-0.3, -0.25) is 4.79 Å². The number of hydrogen-bond donors (Lipinski definition) is 0. The summed E-state index contributed by atoms with van der Waals surface area (Å²) < 4.78 is 6.32. The Morgan fingerprint density at radius 1 is 1.09 bits per heavy atom. The van der Waals surface area contributed by atoms with Crippen LogP contribution in [0.15, 0.2) is 59.1 Å². The highest BCUT2D eigenvalue weighted by atomic mass is 79.9. The molecule has 0 saturated carbocycles. The summed E-state index contributed by atoms with van der Waals surface area (Å²) in [5, 5.41) is 1.34. The number of aromatic nitrogens is 1. The van der Waals surface area contributed by atoms with E-state index >= 15 is 0 Å². The van der Waals surface area contributed by atoms with Crippen molar-refractivity contribution >= 4 is 33.2 Å². The lowest BCUT2D eigenvalue weighted by molar-refractivity contribution is -0.131. The van der Waals surface area contributed by atoms with Gasteiger partial charge in [-0.25, -0.2) is 4.98 Å². The fourth-order valence-electron chi connectivity index (χ4n) is 2.03. The predicted molar refractivity (Wildman–Crippen MR) is 92.0 cm³/mol. The van der Waals surface area contributed by atoms with Crippen molar-refractivity contribution in [3.05, 3.63) is 59.1 Å². The first-order chi connectivity index (χ1) is 10.6. The van der Waals surface area contributed by atoms with Crippen molar-refractivity contribution in [3.8, 4) is 26.9 Å². The third-order valence-corrected chi connectivity index (χ3v) is 4.43. The van der Waals surface area contributed by atoms with Crippen LogP contribution in [0, 0.1) is 0 Å². The number of rotatable bonds is 3. The van der Waals surface area contributed by atoms with Gasteiger partial charge in [0.05, 0.1) is 0 Å². The van der Waals surface area contributed by atoms with Gasteiger partial charge >= 0.3 is 5.97 Å². The Morgan fingerprint density at radius 2 is 1.82 bits per heavy atom. The first-order valence-corrected chi connectivity index (χ1v) is 8.25. The number of esters is 1. The van der Waals surface area contributed by atoms with Gasteiger partial charge in [0.1, 0.15) is 10.7 Å². The number of carbonyl (C=O) groups excluding carboxylic acids is 1. The molecule has 0 atom stereocenters. The van der Waals surface area contributed by atoms with Crippen LogP contribution in [0.4, 0.5) is 0 Å². The fourth-order valence-corrected chi connectivity index (χ4v) is 3.41. The van der Waals surface area contributed by atoms with Crippen LogP contribution in [0.3, 0.4) is 0 Å². The normalized spacial score (nSPS) is 10.5. The molecule has 3 nitrogen and oxygen atoms in total. The molecule has 3 rings (SSSR count). The minimum atomic E-state index is -0.346. The van der Waals surface area contributed by atoms with Gasteiger partial charge in [-0.2, -0.15) is 0 Å². The van der Waals surface area contributed by atoms with Crippen molar-refractivity contribution in [1.82, 2.24) is 4.98 Å². The molecule has 3 aromatic rings. The molecule has 0 spiro atoms. The molecule has 0 saturated heterocycles. The standard InChI is InChI=1S/C17H12BrNO2S/c1-11(20)21-17-15(12-6-3-2-4-7-12)19-16(22-17)13-8-5-9-14(18)10-13/h2-10H,1H3. The van der Waals surface area contributed by atoms with Gasteiger partial charge in [-0.1, -0.05) is 69.7 Å². The van der Waals surface area contributed by atoms with E-state index in [9.17, 15) is 4.79 Å². The van der Waals surface area contributed by atoms with Crippen LogP contribution in [0.1, 0.15) is 6.92 Å². The van der Waals surface area contributed by atoms with Crippen molar-refractivity contribution in [2.45, 2.75) is 6.92 Å². The molecular formula is C17H12BrNO2S. The maximum atomic E-state index is 11.3. The Bertz CT molecular complexity index is 815. The third kappa shape index (κ3) is 3.26. The van der Waals surface area contributed by atoms with Gasteiger partial charge in [-0.15, -0.1) is 0 Å². The Hall–Kier alpha value is -1.98. The summed E-state index contributed by atoms with van der Waals surface area (Å²) in [5.41, 5.74) is 2.60. The van der Waals surface area contributed by atoms with Crippen molar-refractivity contribution < 1.29 is 9.53 Å². The molecule has 2 aromatic carbocycles. The number of benzene rings is 2. The second-order valence-electron chi connectivity index (χ2n) is 4.63. The second kappa shape index (κ2) is 6.42. The second-order valence-corrected chi connectivity index (χ2v) is 6.50. The van der Waals surface area contributed by atoms with Crippen LogP contribution in [0.25, 0.3) is 21.8 Å². The molecule has 1 aromatic heterocycles. The highest BCUT2D eigenvalue weighted by Crippen LogP contribution is 2.40. The highest BCUT2D eigenvalue weighted by molar-refractivity contribution is 9.10. The van der Waals surface area contributed by atoms with Crippen LogP contribution in [-0.2, 0) is 4.79 Å². The van der Waals surface area contributed by atoms with E-state index in [1.165, 1.54) is 18.3 Å². The topological polar surface area (TPSA) is 39.2 Å². The van der Waals surface area contributed by atoms with Gasteiger partial charge in [0.15, 0.2) is 0 Å². The molecule has 0 bridgehead atoms. The number of halogens is 1. The number of hydrogen-bond acceptors (Lipinski definition) is 4. The number of ether oxygens (including phenoxy) is 1. The summed E-state index contributed by atoms with van der Waals surface area (Å²) in [5.74, 6) is -0.346. The zero-order valence-electron chi connectivity index (χ0n) is 11.7. The summed E-state index contributed by atoms with van der Waals surface area (Å²) in [6.07, 6.45) is 0. The highest BCUT2D eigenvalue weighted by Gasteiger charge is 2.17. The lowest BCUT2D eigenvalue weighted by atomic mass is 10.2. The first-order valence-electron chi connectivity index (χ1n) is 6.64. The van der Waals surface area contributed by atoms with Gasteiger partial charge in [0.25, 0.3) is 0 Å². The van der Waals surface area contributed by atoms with Crippen molar-refractivity contribution in [1.29, 1.82) is 0 Å². The Morgan fingerprint density at radius 3 is 2.50 bits per heavy atom. The van der Waals surface area contributed by atoms with E-state index in [0.717, 1.165) is 20.6 Å². The van der Waals surface area contributed by atoms with Crippen LogP contribution in [0.2, 0.25) is 0 Å². The molecule has 0 aliphatic carbocycles. The van der Waals surface area contributed by atoms with Crippen LogP contribution in [0.5, 0.6) is 5.06 Å². The molecular weight excluding hydrogens is 362 g/mol. The molecule has 0 radical (unpaired) electrons. The number of thiazole rings is 1. The summed E-state index contributed by atoms with van der Waals surface area (Å²) in [7, 11) is 0. The van der Waals surface area contributed by atoms with Crippen molar-refractivity contribution in [2.75, 3.05) is 0 Å². The van der Waals surface area contributed by atoms with Gasteiger partial charge in [-0.05, 0) is 12.1 Å². The average Bonchev–Trinajstić information content (AvgIpc) is 2.91. The van der Waals surface area contributed by atoms with E-state index in [0.29, 0.717) is 10.8 Å². The number of nitrogens with zero attached hydrogens (tertiary/aromatic N) is 1. The van der Waals surface area contributed by atoms with Gasteiger partial charge < -0.3 is 4.74 Å². The van der Waals surface area contributed by atoms with Crippen molar-refractivity contribution in [2.24, 2.45) is 0 Å². The quantitative estimate of drug-likeness (QED) is 0.594. The largest absolute Gasteiger partial charge is 0.413 e. The van der Waals surface area contributed by atoms with Crippen LogP contribution < -0.4 is 4.74 Å². The monoisotopic (exact) mass is 373 g/mol. The smallest absolute Gasteiger partial charge is 0.308 e. The zero-order chi connectivity index (χ0) is 15.5. The molecule has 0 aliphatic rings. The average molecular weight is 374 g/mol. The summed E-state index contributed by atoms with van der Waals surface area (Å²) >= 11 is 4.83. The first kappa shape index (κ1) is 14.9. The third-order valence-electron chi connectivity index (χ3n) is 2.95. The molecule has 1 heterocycles. The minimum Gasteiger partial charge on any atom is -0.413 e. The van der Waals surface area contributed by atoms with E-state index in [-0.39, 0.29) is 5.97 Å². The summed E-state index contributed by atoms with van der Waals surface area (Å²) in [6.45, 7) is 1.40. The molecule has 0 aliphatic heterocycles. The SMILES string of the molecule is CC(=O)Oc1sc(-c2cccc(Br)c2)nc1-c1ccccc1. The molecule has 0 fully saturated rings. The van der Waals surface area contributed by atoms with E-state index in [1.54, 1.807) is 0 Å². The van der Waals surface area contributed by atoms with E-state index in [1.807, 2.05) is 54.6 Å². The molecule has 0 unspecified atom stereocenters. The summed E-state index contributed by atoms with van der Waals surface area (Å²) in [6, 6.07) is 17.6. The number of carbonyl (C=O) groups is 1. The van der Waals surface area contributed by atoms with E-state index in [4.69, 9.17) is 4.74 Å². The molecule has 0 N–H and O–H groups in total. The maximum absolute atomic E-state index is 11.3. The van der Waals surface area contributed by atoms with Gasteiger partial charge in [0.2, 0.25) is 5.06 Å². The maximum Gasteiger partial charge on any atom is 0.308 e. The van der Waals surface area contributed by atoms with E-state index in [2.05, 4.69) is 20.9 Å². The summed E-state index contributed by atoms with van der Waals surface area (Å²) in [4.78, 5) is 16.0. The fraction of sp³-hybridized carbons (Fsp3) is 0.0588. The van der Waals surface area contributed by atoms with E-state index < -0.39 is 0 Å². The zero-order valence-corrected chi connectivity index (χ0v) is 14.1. The van der Waals surface area contributed by atoms with Crippen LogP contribution >= 0.6 is 27.3 Å². The van der Waals surface area contributed by atoms with Gasteiger partial charge in [0, 0.05) is 22.5 Å². The van der Waals surface area contributed by atoms with Crippen molar-refractivity contribution in [3.63, 3.8) is 0 Å².